The summed E-state index contributed by atoms with van der Waals surface area (Å²) in [6.07, 6.45) is 0. The number of Topliss-reactive ketones (excluding diaryl/α,β-unsaturated/α-hetero) is 1. The third-order valence-corrected chi connectivity index (χ3v) is 5.53. The Hall–Kier alpha value is -3.73. The second kappa shape index (κ2) is 7.95. The number of methoxy groups -OCH3 is 3. The Bertz CT molecular complexity index is 1140. The molecule has 1 aliphatic rings. The van der Waals surface area contributed by atoms with Gasteiger partial charge in [-0.3, -0.25) is 4.79 Å². The number of carbonyl (C=O) groups excluding carboxylic acids is 2. The normalized spacial score (nSPS) is 15.2. The Morgan fingerprint density at radius 3 is 2.60 bits per heavy atom. The number of benzene rings is 1. The van der Waals surface area contributed by atoms with Crippen molar-refractivity contribution in [3.8, 4) is 11.5 Å². The monoisotopic (exact) mass is 427 g/mol. The summed E-state index contributed by atoms with van der Waals surface area (Å²) in [5.41, 5.74) is 0.457. The van der Waals surface area contributed by atoms with Crippen LogP contribution in [0.15, 0.2) is 47.0 Å². The summed E-state index contributed by atoms with van der Waals surface area (Å²) < 4.78 is 16.9. The molecule has 1 aromatic carbocycles. The topological polar surface area (TPSA) is 117 Å². The van der Waals surface area contributed by atoms with Crippen molar-refractivity contribution in [3.63, 3.8) is 0 Å². The molecule has 10 nitrogen and oxygen atoms in total. The Labute approximate surface area is 175 Å². The molecule has 0 fully saturated rings. The van der Waals surface area contributed by atoms with E-state index in [0.717, 1.165) is 4.88 Å². The molecule has 11 heteroatoms. The van der Waals surface area contributed by atoms with E-state index in [9.17, 15) is 9.59 Å². The highest BCUT2D eigenvalue weighted by molar-refractivity contribution is 7.10. The first kappa shape index (κ1) is 19.6. The number of carbonyl (C=O) groups is 2. The van der Waals surface area contributed by atoms with Crippen molar-refractivity contribution < 1.29 is 23.8 Å². The molecule has 4 rings (SSSR count). The molecule has 0 aliphatic carbocycles. The van der Waals surface area contributed by atoms with Gasteiger partial charge < -0.3 is 19.5 Å². The van der Waals surface area contributed by atoms with Crippen LogP contribution in [0.25, 0.3) is 0 Å². The van der Waals surface area contributed by atoms with Crippen LogP contribution in [0, 0.1) is 0 Å². The number of tetrazole rings is 1. The summed E-state index contributed by atoms with van der Waals surface area (Å²) in [4.78, 5) is 27.0. The number of hydrogen-bond acceptors (Lipinski definition) is 10. The number of aromatic nitrogens is 4. The maximum atomic E-state index is 13.7. The van der Waals surface area contributed by atoms with E-state index in [0.29, 0.717) is 17.1 Å². The van der Waals surface area contributed by atoms with Crippen LogP contribution >= 0.6 is 11.3 Å². The quantitative estimate of drug-likeness (QED) is 0.466. The van der Waals surface area contributed by atoms with Crippen molar-refractivity contribution in [1.82, 2.24) is 20.2 Å². The third kappa shape index (κ3) is 3.18. The van der Waals surface area contributed by atoms with Gasteiger partial charge >= 0.3 is 5.97 Å². The molecule has 0 saturated heterocycles. The fourth-order valence-corrected chi connectivity index (χ4v) is 4.05. The second-order valence-electron chi connectivity index (χ2n) is 6.17. The lowest BCUT2D eigenvalue weighted by Gasteiger charge is -2.27. The van der Waals surface area contributed by atoms with Crippen LogP contribution in [-0.4, -0.2) is 53.3 Å². The van der Waals surface area contributed by atoms with Gasteiger partial charge in [-0.1, -0.05) is 11.2 Å². The lowest BCUT2D eigenvalue weighted by atomic mass is 9.92. The standard InChI is InChI=1S/C19H17N5O5S/c1-27-11-7-6-10(9-12(11)28-2)17(25)14-15(18(26)29-3)20-19-21-22-23-24(19)16(14)13-5-4-8-30-13/h4-9,16H,1-3H3,(H,20,21,23)/t16-/m0/s1. The summed E-state index contributed by atoms with van der Waals surface area (Å²) in [7, 11) is 4.23. The van der Waals surface area contributed by atoms with Crippen LogP contribution in [0.5, 0.6) is 11.5 Å². The van der Waals surface area contributed by atoms with Crippen molar-refractivity contribution in [2.45, 2.75) is 6.04 Å². The summed E-state index contributed by atoms with van der Waals surface area (Å²) in [6.45, 7) is 0. The zero-order chi connectivity index (χ0) is 21.3. The van der Waals surface area contributed by atoms with Gasteiger partial charge in [0, 0.05) is 10.4 Å². The summed E-state index contributed by atoms with van der Waals surface area (Å²) in [5, 5.41) is 16.3. The molecule has 3 heterocycles. The van der Waals surface area contributed by atoms with Crippen LogP contribution in [-0.2, 0) is 9.53 Å². The average Bonchev–Trinajstić information content (AvgIpc) is 3.48. The van der Waals surface area contributed by atoms with Gasteiger partial charge in [0.15, 0.2) is 17.3 Å². The van der Waals surface area contributed by atoms with Gasteiger partial charge in [-0.15, -0.1) is 11.3 Å². The minimum atomic E-state index is -0.703. The molecule has 1 aliphatic heterocycles. The maximum Gasteiger partial charge on any atom is 0.355 e. The van der Waals surface area contributed by atoms with Crippen LogP contribution in [0.1, 0.15) is 21.3 Å². The highest BCUT2D eigenvalue weighted by atomic mass is 32.1. The zero-order valence-corrected chi connectivity index (χ0v) is 17.1. The number of fused-ring (bicyclic) bond motifs is 1. The summed E-state index contributed by atoms with van der Waals surface area (Å²) in [6, 6.07) is 7.79. The van der Waals surface area contributed by atoms with E-state index in [2.05, 4.69) is 20.8 Å². The lowest BCUT2D eigenvalue weighted by molar-refractivity contribution is -0.136. The van der Waals surface area contributed by atoms with Gasteiger partial charge in [0.2, 0.25) is 5.95 Å². The SMILES string of the molecule is COC(=O)C1=C(C(=O)c2ccc(OC)c(OC)c2)[C@H](c2cccs2)n2nnnc2N1. The molecule has 1 atom stereocenters. The number of ether oxygens (including phenoxy) is 3. The van der Waals surface area contributed by atoms with E-state index in [1.165, 1.54) is 37.3 Å². The fraction of sp³-hybridized carbons (Fsp3) is 0.211. The number of esters is 1. The Morgan fingerprint density at radius 2 is 1.93 bits per heavy atom. The molecule has 3 aromatic rings. The minimum absolute atomic E-state index is 0.0158. The molecule has 0 amide bonds. The Morgan fingerprint density at radius 1 is 1.13 bits per heavy atom. The van der Waals surface area contributed by atoms with Crippen molar-refractivity contribution >= 4 is 29.0 Å². The van der Waals surface area contributed by atoms with Crippen LogP contribution in [0.3, 0.4) is 0 Å². The van der Waals surface area contributed by atoms with Crippen molar-refractivity contribution in [3.05, 3.63) is 57.4 Å². The van der Waals surface area contributed by atoms with Gasteiger partial charge in [-0.2, -0.15) is 4.68 Å². The molecule has 0 saturated carbocycles. The number of thiophene rings is 1. The first-order valence-electron chi connectivity index (χ1n) is 8.76. The number of allylic oxidation sites excluding steroid dienone is 1. The van der Waals surface area contributed by atoms with Crippen molar-refractivity contribution in [2.75, 3.05) is 26.6 Å². The predicted octanol–water partition coefficient (Wildman–Crippen LogP) is 2.08. The van der Waals surface area contributed by atoms with Crippen molar-refractivity contribution in [2.24, 2.45) is 0 Å². The third-order valence-electron chi connectivity index (χ3n) is 4.61. The van der Waals surface area contributed by atoms with Crippen LogP contribution < -0.4 is 14.8 Å². The molecule has 0 bridgehead atoms. The van der Waals surface area contributed by atoms with Gasteiger partial charge in [-0.25, -0.2) is 4.79 Å². The molecule has 1 N–H and O–H groups in total. The van der Waals surface area contributed by atoms with E-state index in [1.807, 2.05) is 17.5 Å². The summed E-state index contributed by atoms with van der Waals surface area (Å²) in [5.74, 6) is 0.00868. The lowest BCUT2D eigenvalue weighted by Crippen LogP contribution is -2.32. The number of hydrogen-bond donors (Lipinski definition) is 1. The first-order chi connectivity index (χ1) is 14.6. The largest absolute Gasteiger partial charge is 0.493 e. The van der Waals surface area contributed by atoms with E-state index in [4.69, 9.17) is 14.2 Å². The highest BCUT2D eigenvalue weighted by Crippen LogP contribution is 2.39. The molecular formula is C19H17N5O5S. The van der Waals surface area contributed by atoms with E-state index >= 15 is 0 Å². The molecule has 0 spiro atoms. The Balaban J connectivity index is 1.91. The molecule has 2 aromatic heterocycles. The number of nitrogens with one attached hydrogen (secondary N) is 1. The molecule has 0 radical (unpaired) electrons. The van der Waals surface area contributed by atoms with Gasteiger partial charge in [0.25, 0.3) is 0 Å². The number of anilines is 1. The first-order valence-corrected chi connectivity index (χ1v) is 9.64. The van der Waals surface area contributed by atoms with E-state index in [1.54, 1.807) is 18.2 Å². The predicted molar refractivity (Wildman–Crippen MR) is 107 cm³/mol. The second-order valence-corrected chi connectivity index (χ2v) is 7.15. The molecule has 0 unspecified atom stereocenters. The van der Waals surface area contributed by atoms with Gasteiger partial charge in [0.1, 0.15) is 11.7 Å². The number of nitrogens with zero attached hydrogens (tertiary/aromatic N) is 4. The van der Waals surface area contributed by atoms with Crippen LogP contribution in [0.2, 0.25) is 0 Å². The fourth-order valence-electron chi connectivity index (χ4n) is 3.23. The van der Waals surface area contributed by atoms with E-state index in [-0.39, 0.29) is 17.2 Å². The molecular weight excluding hydrogens is 410 g/mol. The summed E-state index contributed by atoms with van der Waals surface area (Å²) >= 11 is 1.42. The highest BCUT2D eigenvalue weighted by Gasteiger charge is 2.39. The van der Waals surface area contributed by atoms with Gasteiger partial charge in [-0.05, 0) is 40.1 Å². The zero-order valence-electron chi connectivity index (χ0n) is 16.3. The average molecular weight is 427 g/mol. The van der Waals surface area contributed by atoms with Crippen LogP contribution in [0.4, 0.5) is 5.95 Å². The number of rotatable bonds is 6. The molecule has 30 heavy (non-hydrogen) atoms. The van der Waals surface area contributed by atoms with Gasteiger partial charge in [0.05, 0.1) is 26.9 Å². The van der Waals surface area contributed by atoms with E-state index < -0.39 is 17.8 Å². The molecule has 154 valence electrons. The minimum Gasteiger partial charge on any atom is -0.493 e. The smallest absolute Gasteiger partial charge is 0.355 e. The number of ketones is 1. The van der Waals surface area contributed by atoms with Crippen molar-refractivity contribution in [1.29, 1.82) is 0 Å². The Kier molecular flexibility index (Phi) is 5.19. The maximum absolute atomic E-state index is 13.7.